The minimum absolute atomic E-state index is 0. The molecule has 2 aliphatic heterocycles. The summed E-state index contributed by atoms with van der Waals surface area (Å²) >= 11 is 0. The minimum Gasteiger partial charge on any atom is -0.133 e. The van der Waals surface area contributed by atoms with Gasteiger partial charge in [0, 0.05) is 0 Å². The molecule has 0 aromatic rings. The predicted octanol–water partition coefficient (Wildman–Crippen LogP) is 1.88. The van der Waals surface area contributed by atoms with E-state index in [9.17, 15) is 0 Å². The quantitative estimate of drug-likeness (QED) is 0.642. The molecule has 0 radical (unpaired) electrons. The van der Waals surface area contributed by atoms with E-state index in [1.807, 2.05) is 0 Å². The number of rotatable bonds is 1. The van der Waals surface area contributed by atoms with Gasteiger partial charge in [-0.3, -0.25) is 0 Å². The smallest absolute Gasteiger partial charge is 0.133 e. The highest BCUT2D eigenvalue weighted by molar-refractivity contribution is 8.93. The van der Waals surface area contributed by atoms with Crippen molar-refractivity contribution in [3.05, 3.63) is 0 Å². The Hall–Kier alpha value is -1.12. The van der Waals surface area contributed by atoms with Gasteiger partial charge < -0.3 is 0 Å². The van der Waals surface area contributed by atoms with E-state index in [1.165, 1.54) is 0 Å². The summed E-state index contributed by atoms with van der Waals surface area (Å²) in [5.41, 5.74) is 0. The van der Waals surface area contributed by atoms with Crippen LogP contribution in [0.25, 0.3) is 0 Å². The molecule has 58 valence electrons. The monoisotopic (exact) mass is 218 g/mol. The summed E-state index contributed by atoms with van der Waals surface area (Å²) in [5.74, 6) is 0. The lowest BCUT2D eigenvalue weighted by Crippen LogP contribution is -2.13. The molecule has 0 unspecified atom stereocenters. The lowest BCUT2D eigenvalue weighted by Gasteiger charge is -1.97. The van der Waals surface area contributed by atoms with Crippen molar-refractivity contribution in [1.82, 2.24) is 0 Å². The second-order valence-corrected chi connectivity index (χ2v) is 1.65. The van der Waals surface area contributed by atoms with Gasteiger partial charge in [-0.25, -0.2) is 0 Å². The van der Waals surface area contributed by atoms with Gasteiger partial charge in [-0.2, -0.15) is 0 Å². The molecule has 0 atom stereocenters. The van der Waals surface area contributed by atoms with Gasteiger partial charge in [0.1, 0.15) is 0 Å². The number of hydrogen-bond acceptors (Lipinski definition) is 8. The van der Waals surface area contributed by atoms with Crippen LogP contribution >= 0.6 is 17.0 Å². The third-order valence-electron chi connectivity index (χ3n) is 1.03. The van der Waals surface area contributed by atoms with Crippen molar-refractivity contribution in [1.29, 1.82) is 0 Å². The zero-order valence-corrected chi connectivity index (χ0v) is 6.85. The van der Waals surface area contributed by atoms with E-state index in [0.29, 0.717) is 0 Å². The Kier molecular flexibility index (Phi) is 2.41. The topological polar surface area (TPSA) is 98.9 Å². The van der Waals surface area contributed by atoms with E-state index in [2.05, 4.69) is 41.4 Å². The number of nitrogens with zero attached hydrogens (tertiary/aromatic N) is 8. The molecule has 2 rings (SSSR count). The summed E-state index contributed by atoms with van der Waals surface area (Å²) in [6.45, 7) is 0. The van der Waals surface area contributed by atoms with Crippen LogP contribution in [0.15, 0.2) is 41.4 Å². The Morgan fingerprint density at radius 2 is 0.818 bits per heavy atom. The van der Waals surface area contributed by atoms with Crippen molar-refractivity contribution >= 4 is 17.0 Å². The van der Waals surface area contributed by atoms with Gasteiger partial charge in [-0.1, -0.05) is 0 Å². The molecule has 0 amide bonds. The number of halogens is 1. The van der Waals surface area contributed by atoms with Gasteiger partial charge in [0.05, 0.1) is 0 Å². The maximum absolute atomic E-state index is 3.60. The molecule has 0 aliphatic carbocycles. The molecule has 0 spiro atoms. The summed E-state index contributed by atoms with van der Waals surface area (Å²) in [5, 5.41) is 27.6. The molecule has 0 aromatic carbocycles. The van der Waals surface area contributed by atoms with Gasteiger partial charge in [0.2, 0.25) is 12.3 Å². The molecular formula is C2H3BrN8. The summed E-state index contributed by atoms with van der Waals surface area (Å²) < 4.78 is 0. The van der Waals surface area contributed by atoms with E-state index in [0.717, 1.165) is 0 Å². The Morgan fingerprint density at radius 1 is 0.545 bits per heavy atom. The average Bonchev–Trinajstić information content (AvgIpc) is 2.59. The van der Waals surface area contributed by atoms with Gasteiger partial charge in [-0.05, 0) is 20.9 Å². The van der Waals surface area contributed by atoms with Crippen molar-refractivity contribution in [2.45, 2.75) is 12.3 Å². The van der Waals surface area contributed by atoms with Crippen LogP contribution in [-0.2, 0) is 0 Å². The standard InChI is InChI=1S/C2H2N8.BrH/c3-1(4-8-7-3)2-5-9-10-6-2;/h1-2H;1H. The molecule has 0 bridgehead atoms. The van der Waals surface area contributed by atoms with Crippen molar-refractivity contribution in [3.63, 3.8) is 0 Å². The lowest BCUT2D eigenvalue weighted by atomic mass is 10.4. The molecule has 0 fully saturated rings. The largest absolute Gasteiger partial charge is 0.231 e. The first-order chi connectivity index (χ1) is 4.97. The van der Waals surface area contributed by atoms with Gasteiger partial charge in [-0.15, -0.1) is 37.4 Å². The van der Waals surface area contributed by atoms with Crippen LogP contribution in [0.3, 0.4) is 0 Å². The summed E-state index contributed by atoms with van der Waals surface area (Å²) in [6, 6.07) is 0. The molecule has 0 saturated heterocycles. The summed E-state index contributed by atoms with van der Waals surface area (Å²) in [6.07, 6.45) is -0.898. The normalized spacial score (nSPS) is 21.5. The van der Waals surface area contributed by atoms with Crippen LogP contribution in [0.4, 0.5) is 0 Å². The highest BCUT2D eigenvalue weighted by Crippen LogP contribution is 2.17. The van der Waals surface area contributed by atoms with Gasteiger partial charge in [0.25, 0.3) is 0 Å². The average molecular weight is 219 g/mol. The maximum Gasteiger partial charge on any atom is 0.231 e. The predicted molar refractivity (Wildman–Crippen MR) is 37.3 cm³/mol. The molecule has 0 N–H and O–H groups in total. The van der Waals surface area contributed by atoms with E-state index in [-0.39, 0.29) is 17.0 Å². The second kappa shape index (κ2) is 3.32. The minimum atomic E-state index is -0.449. The van der Waals surface area contributed by atoms with Gasteiger partial charge >= 0.3 is 0 Å². The molecule has 8 nitrogen and oxygen atoms in total. The van der Waals surface area contributed by atoms with E-state index >= 15 is 0 Å². The van der Waals surface area contributed by atoms with E-state index < -0.39 is 12.3 Å². The van der Waals surface area contributed by atoms with Crippen molar-refractivity contribution < 1.29 is 0 Å². The first kappa shape index (κ1) is 7.98. The molecule has 0 saturated carbocycles. The molecular weight excluding hydrogens is 216 g/mol. The highest BCUT2D eigenvalue weighted by Gasteiger charge is 2.25. The Labute approximate surface area is 71.3 Å². The molecule has 9 heteroatoms. The molecule has 2 aliphatic rings. The third kappa shape index (κ3) is 1.48. The van der Waals surface area contributed by atoms with Crippen molar-refractivity contribution in [3.8, 4) is 0 Å². The van der Waals surface area contributed by atoms with Crippen LogP contribution in [-0.4, -0.2) is 12.3 Å². The first-order valence-electron chi connectivity index (χ1n) is 2.57. The Balaban J connectivity index is 0.000000605. The zero-order chi connectivity index (χ0) is 6.81. The Morgan fingerprint density at radius 3 is 1.09 bits per heavy atom. The zero-order valence-electron chi connectivity index (χ0n) is 5.14. The molecule has 11 heavy (non-hydrogen) atoms. The highest BCUT2D eigenvalue weighted by atomic mass is 79.9. The van der Waals surface area contributed by atoms with Gasteiger partial charge in [0.15, 0.2) is 0 Å². The maximum atomic E-state index is 3.60. The fourth-order valence-corrected chi connectivity index (χ4v) is 0.589. The second-order valence-electron chi connectivity index (χ2n) is 1.65. The fraction of sp³-hybridized carbons (Fsp3) is 1.00. The summed E-state index contributed by atoms with van der Waals surface area (Å²) in [4.78, 5) is 0. The lowest BCUT2D eigenvalue weighted by molar-refractivity contribution is 0.555. The van der Waals surface area contributed by atoms with Crippen molar-refractivity contribution in [2.75, 3.05) is 0 Å². The van der Waals surface area contributed by atoms with E-state index in [4.69, 9.17) is 0 Å². The fourth-order valence-electron chi connectivity index (χ4n) is 0.589. The molecule has 0 aromatic heterocycles. The van der Waals surface area contributed by atoms with Crippen LogP contribution in [0.2, 0.25) is 0 Å². The third-order valence-corrected chi connectivity index (χ3v) is 1.03. The van der Waals surface area contributed by atoms with Crippen molar-refractivity contribution in [2.24, 2.45) is 41.4 Å². The van der Waals surface area contributed by atoms with Crippen LogP contribution in [0, 0.1) is 0 Å². The van der Waals surface area contributed by atoms with E-state index in [1.54, 1.807) is 0 Å². The Bertz CT molecular complexity index is 190. The molecule has 2 heterocycles. The number of hydrogen-bond donors (Lipinski definition) is 0. The summed E-state index contributed by atoms with van der Waals surface area (Å²) in [7, 11) is 0. The van der Waals surface area contributed by atoms with Crippen LogP contribution in [0.5, 0.6) is 0 Å². The first-order valence-corrected chi connectivity index (χ1v) is 2.57. The van der Waals surface area contributed by atoms with Crippen LogP contribution in [0.1, 0.15) is 0 Å². The SMILES string of the molecule is Br.N1=NC(C2N=NN=N2)N=N1. The van der Waals surface area contributed by atoms with Crippen LogP contribution < -0.4 is 0 Å².